The second-order valence-electron chi connectivity index (χ2n) is 4.20. The lowest BCUT2D eigenvalue weighted by Gasteiger charge is -2.14. The molecule has 2 atom stereocenters. The fourth-order valence-corrected chi connectivity index (χ4v) is 2.20. The lowest BCUT2D eigenvalue weighted by atomic mass is 9.90. The Kier molecular flexibility index (Phi) is 3.19. The third-order valence-electron chi connectivity index (χ3n) is 3.04. The topological polar surface area (TPSA) is 49.3 Å². The minimum Gasteiger partial charge on any atom is -0.481 e. The predicted octanol–water partition coefficient (Wildman–Crippen LogP) is 1.29. The molecule has 1 saturated heterocycles. The number of carboxylic acids is 1. The summed E-state index contributed by atoms with van der Waals surface area (Å²) in [6.45, 7) is 1.20. The van der Waals surface area contributed by atoms with Crippen LogP contribution in [-0.2, 0) is 11.2 Å². The summed E-state index contributed by atoms with van der Waals surface area (Å²) < 4.78 is 13.0. The number of benzene rings is 1. The van der Waals surface area contributed by atoms with Gasteiger partial charge in [0.05, 0.1) is 5.92 Å². The van der Waals surface area contributed by atoms with E-state index in [4.69, 9.17) is 5.11 Å². The van der Waals surface area contributed by atoms with Crippen molar-refractivity contribution < 1.29 is 14.3 Å². The van der Waals surface area contributed by atoms with Gasteiger partial charge in [-0.05, 0) is 36.6 Å². The van der Waals surface area contributed by atoms with Crippen LogP contribution in [0.3, 0.4) is 0 Å². The number of aliphatic carboxylic acids is 1. The standard InChI is InChI=1S/C12H14FNO2/c13-10-3-1-2-8(5-10)4-9-6-14-7-11(9)12(15)16/h1-3,5,9,11,14H,4,6-7H2,(H,15,16). The molecule has 2 N–H and O–H groups in total. The summed E-state index contributed by atoms with van der Waals surface area (Å²) >= 11 is 0. The summed E-state index contributed by atoms with van der Waals surface area (Å²) in [6, 6.07) is 6.35. The molecule has 1 aliphatic heterocycles. The summed E-state index contributed by atoms with van der Waals surface area (Å²) in [5.74, 6) is -1.34. The van der Waals surface area contributed by atoms with Crippen molar-refractivity contribution in [1.82, 2.24) is 5.32 Å². The van der Waals surface area contributed by atoms with Crippen molar-refractivity contribution >= 4 is 5.97 Å². The van der Waals surface area contributed by atoms with Crippen molar-refractivity contribution in [3.05, 3.63) is 35.6 Å². The van der Waals surface area contributed by atoms with E-state index in [1.165, 1.54) is 12.1 Å². The molecule has 1 heterocycles. The lowest BCUT2D eigenvalue weighted by Crippen LogP contribution is -2.23. The minimum atomic E-state index is -0.772. The quantitative estimate of drug-likeness (QED) is 0.811. The molecule has 3 nitrogen and oxygen atoms in total. The lowest BCUT2D eigenvalue weighted by molar-refractivity contribution is -0.142. The zero-order valence-corrected chi connectivity index (χ0v) is 8.82. The molecular formula is C12H14FNO2. The van der Waals surface area contributed by atoms with Gasteiger partial charge in [-0.1, -0.05) is 12.1 Å². The predicted molar refractivity (Wildman–Crippen MR) is 57.6 cm³/mol. The van der Waals surface area contributed by atoms with Gasteiger partial charge in [0.2, 0.25) is 0 Å². The molecule has 1 aromatic carbocycles. The Balaban J connectivity index is 2.06. The Hall–Kier alpha value is -1.42. The third kappa shape index (κ3) is 2.39. The van der Waals surface area contributed by atoms with Gasteiger partial charge in [0, 0.05) is 6.54 Å². The van der Waals surface area contributed by atoms with Crippen molar-refractivity contribution in [1.29, 1.82) is 0 Å². The zero-order valence-electron chi connectivity index (χ0n) is 8.82. The molecule has 86 valence electrons. The van der Waals surface area contributed by atoms with Crippen LogP contribution < -0.4 is 5.32 Å². The molecule has 0 bridgehead atoms. The highest BCUT2D eigenvalue weighted by Gasteiger charge is 2.32. The van der Waals surface area contributed by atoms with E-state index in [-0.39, 0.29) is 17.7 Å². The van der Waals surface area contributed by atoms with Gasteiger partial charge in [0.25, 0.3) is 0 Å². The number of hydrogen-bond donors (Lipinski definition) is 2. The van der Waals surface area contributed by atoms with Gasteiger partial charge in [0.15, 0.2) is 0 Å². The second kappa shape index (κ2) is 4.61. The fraction of sp³-hybridized carbons (Fsp3) is 0.417. The van der Waals surface area contributed by atoms with Crippen LogP contribution in [0, 0.1) is 17.7 Å². The SMILES string of the molecule is O=C(O)C1CNCC1Cc1cccc(F)c1. The molecule has 16 heavy (non-hydrogen) atoms. The molecule has 2 rings (SSSR count). The molecule has 1 aromatic rings. The average molecular weight is 223 g/mol. The average Bonchev–Trinajstić information content (AvgIpc) is 2.66. The van der Waals surface area contributed by atoms with Gasteiger partial charge in [-0.2, -0.15) is 0 Å². The highest BCUT2D eigenvalue weighted by Crippen LogP contribution is 2.22. The van der Waals surface area contributed by atoms with Gasteiger partial charge >= 0.3 is 5.97 Å². The summed E-state index contributed by atoms with van der Waals surface area (Å²) in [6.07, 6.45) is 0.613. The molecule has 0 aromatic heterocycles. The zero-order chi connectivity index (χ0) is 11.5. The number of halogens is 1. The van der Waals surface area contributed by atoms with Crippen LogP contribution in [0.4, 0.5) is 4.39 Å². The van der Waals surface area contributed by atoms with Gasteiger partial charge in [-0.3, -0.25) is 4.79 Å². The van der Waals surface area contributed by atoms with Gasteiger partial charge < -0.3 is 10.4 Å². The van der Waals surface area contributed by atoms with Crippen LogP contribution in [0.1, 0.15) is 5.56 Å². The molecule has 4 heteroatoms. The monoisotopic (exact) mass is 223 g/mol. The molecule has 0 amide bonds. The van der Waals surface area contributed by atoms with Gasteiger partial charge in [-0.25, -0.2) is 4.39 Å². The first-order valence-electron chi connectivity index (χ1n) is 5.35. The third-order valence-corrected chi connectivity index (χ3v) is 3.04. The Morgan fingerprint density at radius 2 is 2.31 bits per heavy atom. The Morgan fingerprint density at radius 3 is 3.00 bits per heavy atom. The first-order chi connectivity index (χ1) is 7.66. The molecule has 1 aliphatic rings. The van der Waals surface area contributed by atoms with E-state index < -0.39 is 5.97 Å². The maximum absolute atomic E-state index is 13.0. The Bertz CT molecular complexity index is 394. The van der Waals surface area contributed by atoms with E-state index >= 15 is 0 Å². The van der Waals surface area contributed by atoms with Crippen LogP contribution in [0.25, 0.3) is 0 Å². The van der Waals surface area contributed by atoms with Crippen molar-refractivity contribution in [3.8, 4) is 0 Å². The summed E-state index contributed by atoms with van der Waals surface area (Å²) in [5.41, 5.74) is 0.861. The van der Waals surface area contributed by atoms with Crippen molar-refractivity contribution in [2.45, 2.75) is 6.42 Å². The maximum Gasteiger partial charge on any atom is 0.308 e. The molecule has 0 radical (unpaired) electrons. The van der Waals surface area contributed by atoms with E-state index in [1.807, 2.05) is 6.07 Å². The normalized spacial score (nSPS) is 24.6. The highest BCUT2D eigenvalue weighted by atomic mass is 19.1. The van der Waals surface area contributed by atoms with E-state index in [0.717, 1.165) is 5.56 Å². The molecule has 2 unspecified atom stereocenters. The van der Waals surface area contributed by atoms with E-state index in [0.29, 0.717) is 19.5 Å². The van der Waals surface area contributed by atoms with Crippen LogP contribution in [-0.4, -0.2) is 24.2 Å². The van der Waals surface area contributed by atoms with Crippen LogP contribution in [0.2, 0.25) is 0 Å². The molecular weight excluding hydrogens is 209 g/mol. The minimum absolute atomic E-state index is 0.0549. The Labute approximate surface area is 93.3 Å². The highest BCUT2D eigenvalue weighted by molar-refractivity contribution is 5.71. The number of carbonyl (C=O) groups is 1. The summed E-state index contributed by atoms with van der Waals surface area (Å²) in [5, 5.41) is 12.1. The first-order valence-corrected chi connectivity index (χ1v) is 5.35. The smallest absolute Gasteiger partial charge is 0.308 e. The molecule has 1 fully saturated rings. The van der Waals surface area contributed by atoms with Crippen LogP contribution in [0.15, 0.2) is 24.3 Å². The number of rotatable bonds is 3. The Morgan fingerprint density at radius 1 is 1.50 bits per heavy atom. The van der Waals surface area contributed by atoms with Crippen molar-refractivity contribution in [3.63, 3.8) is 0 Å². The van der Waals surface area contributed by atoms with Crippen molar-refractivity contribution in [2.24, 2.45) is 11.8 Å². The molecule has 0 spiro atoms. The van der Waals surface area contributed by atoms with Gasteiger partial charge in [-0.15, -0.1) is 0 Å². The van der Waals surface area contributed by atoms with Crippen molar-refractivity contribution in [2.75, 3.05) is 13.1 Å². The molecule has 0 aliphatic carbocycles. The molecule has 0 saturated carbocycles. The number of hydrogen-bond acceptors (Lipinski definition) is 2. The van der Waals surface area contributed by atoms with Crippen LogP contribution in [0.5, 0.6) is 0 Å². The second-order valence-corrected chi connectivity index (χ2v) is 4.20. The summed E-state index contributed by atoms with van der Waals surface area (Å²) in [7, 11) is 0. The largest absolute Gasteiger partial charge is 0.481 e. The summed E-state index contributed by atoms with van der Waals surface area (Å²) in [4.78, 5) is 11.0. The first kappa shape index (κ1) is 11.1. The number of carboxylic acid groups (broad SMARTS) is 1. The maximum atomic E-state index is 13.0. The van der Waals surface area contributed by atoms with E-state index in [2.05, 4.69) is 5.32 Å². The van der Waals surface area contributed by atoms with E-state index in [1.54, 1.807) is 6.07 Å². The number of nitrogens with one attached hydrogen (secondary N) is 1. The van der Waals surface area contributed by atoms with Crippen LogP contribution >= 0.6 is 0 Å². The van der Waals surface area contributed by atoms with E-state index in [9.17, 15) is 9.18 Å². The fourth-order valence-electron chi connectivity index (χ4n) is 2.20. The van der Waals surface area contributed by atoms with Gasteiger partial charge in [0.1, 0.15) is 5.82 Å².